The van der Waals surface area contributed by atoms with Crippen molar-refractivity contribution < 1.29 is 4.79 Å². The Morgan fingerprint density at radius 2 is 1.77 bits per heavy atom. The zero-order chi connectivity index (χ0) is 17.9. The Bertz CT molecular complexity index is 754. The highest BCUT2D eigenvalue weighted by Gasteiger charge is 2.32. The Kier molecular flexibility index (Phi) is 4.69. The molecule has 0 spiro atoms. The number of nitrogens with zero attached hydrogens (tertiary/aromatic N) is 5. The minimum absolute atomic E-state index is 0.0441. The molecule has 1 saturated carbocycles. The Labute approximate surface area is 153 Å². The van der Waals surface area contributed by atoms with E-state index in [1.165, 1.54) is 0 Å². The number of nitrogens with one attached hydrogen (secondary N) is 1. The predicted molar refractivity (Wildman–Crippen MR) is 100 cm³/mol. The number of carbonyl (C=O) groups excluding carboxylic acids is 1. The Hall–Kier alpha value is -2.70. The second-order valence-electron chi connectivity index (χ2n) is 7.03. The molecule has 7 heteroatoms. The summed E-state index contributed by atoms with van der Waals surface area (Å²) in [6.07, 6.45) is 5.43. The number of piperazine rings is 1. The number of anilines is 2. The van der Waals surface area contributed by atoms with Gasteiger partial charge in [-0.3, -0.25) is 4.79 Å². The smallest absolute Gasteiger partial charge is 0.217 e. The van der Waals surface area contributed by atoms with Crippen LogP contribution in [0.2, 0.25) is 0 Å². The van der Waals surface area contributed by atoms with E-state index in [1.54, 1.807) is 13.3 Å². The van der Waals surface area contributed by atoms with Gasteiger partial charge in [0.25, 0.3) is 0 Å². The molecule has 26 heavy (non-hydrogen) atoms. The molecule has 1 aliphatic heterocycles. The summed E-state index contributed by atoms with van der Waals surface area (Å²) < 4.78 is 0. The van der Waals surface area contributed by atoms with E-state index < -0.39 is 0 Å². The van der Waals surface area contributed by atoms with Crippen molar-refractivity contribution in [1.29, 1.82) is 0 Å². The summed E-state index contributed by atoms with van der Waals surface area (Å²) in [5.74, 6) is 2.50. The van der Waals surface area contributed by atoms with Gasteiger partial charge in [-0.05, 0) is 25.0 Å². The molecule has 0 aromatic carbocycles. The average Bonchev–Trinajstić information content (AvgIpc) is 2.65. The maximum absolute atomic E-state index is 11.1. The molecule has 4 rings (SSSR count). The molecule has 0 bridgehead atoms. The maximum Gasteiger partial charge on any atom is 0.217 e. The molecule has 1 amide bonds. The lowest BCUT2D eigenvalue weighted by Crippen LogP contribution is -2.47. The molecule has 2 aromatic heterocycles. The molecule has 3 heterocycles. The van der Waals surface area contributed by atoms with Gasteiger partial charge in [-0.15, -0.1) is 0 Å². The van der Waals surface area contributed by atoms with Crippen LogP contribution in [0.1, 0.15) is 31.4 Å². The van der Waals surface area contributed by atoms with Crippen LogP contribution in [0.5, 0.6) is 0 Å². The second-order valence-corrected chi connectivity index (χ2v) is 7.03. The van der Waals surface area contributed by atoms with Crippen LogP contribution in [-0.4, -0.2) is 53.1 Å². The number of pyridine rings is 1. The first-order valence-corrected chi connectivity index (χ1v) is 9.19. The van der Waals surface area contributed by atoms with E-state index >= 15 is 0 Å². The van der Waals surface area contributed by atoms with E-state index in [9.17, 15) is 4.79 Å². The van der Waals surface area contributed by atoms with Crippen molar-refractivity contribution >= 4 is 17.5 Å². The Morgan fingerprint density at radius 1 is 1.04 bits per heavy atom. The largest absolute Gasteiger partial charge is 0.354 e. The van der Waals surface area contributed by atoms with E-state index in [-0.39, 0.29) is 11.9 Å². The summed E-state index contributed by atoms with van der Waals surface area (Å²) in [6.45, 7) is 5.29. The second kappa shape index (κ2) is 7.27. The molecule has 136 valence electrons. The molecule has 0 radical (unpaired) electrons. The minimum Gasteiger partial charge on any atom is -0.354 e. The van der Waals surface area contributed by atoms with Crippen LogP contribution in [0.15, 0.2) is 36.8 Å². The SMILES string of the molecule is CC(=O)NC1CC(c2cc(N3CCN(c4ccccn4)CC3)ncn2)C1. The average molecular weight is 352 g/mol. The Morgan fingerprint density at radius 3 is 2.42 bits per heavy atom. The maximum atomic E-state index is 11.1. The summed E-state index contributed by atoms with van der Waals surface area (Å²) in [4.78, 5) is 29.1. The zero-order valence-electron chi connectivity index (χ0n) is 15.0. The van der Waals surface area contributed by atoms with E-state index in [0.29, 0.717) is 5.92 Å². The number of aromatic nitrogens is 3. The van der Waals surface area contributed by atoms with Crippen molar-refractivity contribution in [1.82, 2.24) is 20.3 Å². The van der Waals surface area contributed by atoms with Crippen molar-refractivity contribution in [3.63, 3.8) is 0 Å². The van der Waals surface area contributed by atoms with Crippen molar-refractivity contribution in [3.8, 4) is 0 Å². The van der Waals surface area contributed by atoms with Crippen LogP contribution in [0.4, 0.5) is 11.6 Å². The van der Waals surface area contributed by atoms with Crippen molar-refractivity contribution in [2.24, 2.45) is 0 Å². The normalized spacial score (nSPS) is 22.7. The fraction of sp³-hybridized carbons (Fsp3) is 0.474. The van der Waals surface area contributed by atoms with Gasteiger partial charge in [0.15, 0.2) is 0 Å². The van der Waals surface area contributed by atoms with Gasteiger partial charge in [0.2, 0.25) is 5.91 Å². The third-order valence-electron chi connectivity index (χ3n) is 5.21. The first kappa shape index (κ1) is 16.8. The van der Waals surface area contributed by atoms with Gasteiger partial charge < -0.3 is 15.1 Å². The number of rotatable bonds is 4. The van der Waals surface area contributed by atoms with E-state index in [1.807, 2.05) is 18.3 Å². The van der Waals surface area contributed by atoms with Crippen LogP contribution in [0, 0.1) is 0 Å². The number of carbonyl (C=O) groups is 1. The number of hydrogen-bond acceptors (Lipinski definition) is 6. The Balaban J connectivity index is 1.35. The van der Waals surface area contributed by atoms with Crippen LogP contribution in [-0.2, 0) is 4.79 Å². The van der Waals surface area contributed by atoms with Gasteiger partial charge in [0.05, 0.1) is 0 Å². The molecule has 2 aromatic rings. The van der Waals surface area contributed by atoms with Gasteiger partial charge in [0, 0.05) is 63.0 Å². The first-order valence-electron chi connectivity index (χ1n) is 9.19. The lowest BCUT2D eigenvalue weighted by Gasteiger charge is -2.37. The quantitative estimate of drug-likeness (QED) is 0.901. The van der Waals surface area contributed by atoms with Crippen LogP contribution in [0.25, 0.3) is 0 Å². The third-order valence-corrected chi connectivity index (χ3v) is 5.21. The highest BCUT2D eigenvalue weighted by atomic mass is 16.1. The molecule has 0 atom stereocenters. The predicted octanol–water partition coefficient (Wildman–Crippen LogP) is 1.58. The monoisotopic (exact) mass is 352 g/mol. The fourth-order valence-corrected chi connectivity index (χ4v) is 3.73. The van der Waals surface area contributed by atoms with Crippen LogP contribution < -0.4 is 15.1 Å². The van der Waals surface area contributed by atoms with E-state index in [2.05, 4.69) is 42.2 Å². The number of amides is 1. The molecule has 1 aliphatic carbocycles. The molecular formula is C19H24N6O. The summed E-state index contributed by atoms with van der Waals surface area (Å²) in [6, 6.07) is 8.43. The standard InChI is InChI=1S/C19H24N6O/c1-14(26)23-16-10-15(11-16)17-12-19(22-13-21-17)25-8-6-24(7-9-25)18-4-2-3-5-20-18/h2-5,12-13,15-16H,6-11H2,1H3,(H,23,26). The number of hydrogen-bond donors (Lipinski definition) is 1. The summed E-state index contributed by atoms with van der Waals surface area (Å²) in [7, 11) is 0. The first-order chi connectivity index (χ1) is 12.7. The molecule has 2 aliphatic rings. The van der Waals surface area contributed by atoms with E-state index in [4.69, 9.17) is 0 Å². The highest BCUT2D eigenvalue weighted by Crippen LogP contribution is 2.36. The highest BCUT2D eigenvalue weighted by molar-refractivity contribution is 5.73. The van der Waals surface area contributed by atoms with Crippen molar-refractivity contribution in [3.05, 3.63) is 42.5 Å². The van der Waals surface area contributed by atoms with Gasteiger partial charge in [-0.2, -0.15) is 0 Å². The summed E-state index contributed by atoms with van der Waals surface area (Å²) >= 11 is 0. The van der Waals surface area contributed by atoms with Gasteiger partial charge in [0.1, 0.15) is 18.0 Å². The lowest BCUT2D eigenvalue weighted by molar-refractivity contribution is -0.120. The van der Waals surface area contributed by atoms with Crippen molar-refractivity contribution in [2.45, 2.75) is 31.7 Å². The van der Waals surface area contributed by atoms with Gasteiger partial charge >= 0.3 is 0 Å². The van der Waals surface area contributed by atoms with Gasteiger partial charge in [-0.25, -0.2) is 15.0 Å². The molecule has 7 nitrogen and oxygen atoms in total. The fourth-order valence-electron chi connectivity index (χ4n) is 3.73. The van der Waals surface area contributed by atoms with Crippen LogP contribution in [0.3, 0.4) is 0 Å². The molecule has 1 N–H and O–H groups in total. The van der Waals surface area contributed by atoms with E-state index in [0.717, 1.165) is 56.4 Å². The molecule has 1 saturated heterocycles. The zero-order valence-corrected chi connectivity index (χ0v) is 15.0. The summed E-state index contributed by atoms with van der Waals surface area (Å²) in [5, 5.41) is 2.97. The molecular weight excluding hydrogens is 328 g/mol. The molecule has 2 fully saturated rings. The van der Waals surface area contributed by atoms with Gasteiger partial charge in [-0.1, -0.05) is 6.07 Å². The summed E-state index contributed by atoms with van der Waals surface area (Å²) in [5.41, 5.74) is 1.09. The van der Waals surface area contributed by atoms with Crippen molar-refractivity contribution in [2.75, 3.05) is 36.0 Å². The molecule has 0 unspecified atom stereocenters. The minimum atomic E-state index is 0.0441. The topological polar surface area (TPSA) is 74.2 Å². The van der Waals surface area contributed by atoms with Crippen LogP contribution >= 0.6 is 0 Å². The lowest BCUT2D eigenvalue weighted by atomic mass is 9.78. The third kappa shape index (κ3) is 3.61.